The Balaban J connectivity index is 0.00000320. The van der Waals surface area contributed by atoms with Gasteiger partial charge in [0.25, 0.3) is 0 Å². The molecule has 0 bridgehead atoms. The summed E-state index contributed by atoms with van der Waals surface area (Å²) in [6.45, 7) is 6.72. The second-order valence-electron chi connectivity index (χ2n) is 6.88. The van der Waals surface area contributed by atoms with Crippen LogP contribution in [-0.4, -0.2) is 45.9 Å². The fraction of sp³-hybridized carbons (Fsp3) is 0.348. The number of hydrogen-bond acceptors (Lipinski definition) is 4. The number of nitrogens with zero attached hydrogens (tertiary/aromatic N) is 2. The third kappa shape index (κ3) is 6.29. The molecule has 2 aromatic rings. The Labute approximate surface area is 196 Å². The van der Waals surface area contributed by atoms with Crippen molar-refractivity contribution < 1.29 is 9.47 Å². The van der Waals surface area contributed by atoms with Gasteiger partial charge in [0.05, 0.1) is 12.8 Å². The van der Waals surface area contributed by atoms with Crippen LogP contribution >= 0.6 is 24.0 Å². The number of aliphatic imine (C=N–C) groups is 1. The number of nitrogens with one attached hydrogen (secondary N) is 2. The van der Waals surface area contributed by atoms with E-state index in [2.05, 4.69) is 39.2 Å². The molecule has 6 nitrogen and oxygen atoms in total. The summed E-state index contributed by atoms with van der Waals surface area (Å²) in [5, 5.41) is 6.93. The van der Waals surface area contributed by atoms with Crippen molar-refractivity contribution in [2.24, 2.45) is 4.99 Å². The molecule has 1 aliphatic heterocycles. The van der Waals surface area contributed by atoms with E-state index in [1.165, 1.54) is 0 Å². The molecule has 1 fully saturated rings. The van der Waals surface area contributed by atoms with Crippen LogP contribution in [0.15, 0.2) is 66.2 Å². The number of hydrogen-bond donors (Lipinski definition) is 2. The highest BCUT2D eigenvalue weighted by molar-refractivity contribution is 14.0. The van der Waals surface area contributed by atoms with Crippen LogP contribution in [0, 0.1) is 0 Å². The molecule has 1 unspecified atom stereocenters. The van der Waals surface area contributed by atoms with Crippen LogP contribution in [0.3, 0.4) is 0 Å². The molecule has 2 N–H and O–H groups in total. The van der Waals surface area contributed by atoms with Gasteiger partial charge in [-0.3, -0.25) is 4.99 Å². The molecule has 0 amide bonds. The summed E-state index contributed by atoms with van der Waals surface area (Å²) >= 11 is 0. The summed E-state index contributed by atoms with van der Waals surface area (Å²) in [5.41, 5.74) is 2.22. The minimum absolute atomic E-state index is 0. The van der Waals surface area contributed by atoms with Gasteiger partial charge in [0.2, 0.25) is 0 Å². The first-order valence-corrected chi connectivity index (χ1v) is 9.92. The van der Waals surface area contributed by atoms with Crippen molar-refractivity contribution in [3.8, 4) is 11.5 Å². The zero-order valence-corrected chi connectivity index (χ0v) is 20.0. The predicted octanol–water partition coefficient (Wildman–Crippen LogP) is 3.82. The van der Waals surface area contributed by atoms with Gasteiger partial charge in [-0.05, 0) is 24.6 Å². The van der Waals surface area contributed by atoms with Crippen molar-refractivity contribution in [3.63, 3.8) is 0 Å². The Morgan fingerprint density at radius 2 is 1.93 bits per heavy atom. The molecule has 0 aromatic heterocycles. The molecule has 2 aromatic carbocycles. The zero-order chi connectivity index (χ0) is 20.5. The monoisotopic (exact) mass is 522 g/mol. The number of halogens is 1. The second-order valence-corrected chi connectivity index (χ2v) is 6.88. The molecule has 1 saturated heterocycles. The van der Waals surface area contributed by atoms with Crippen LogP contribution < -0.4 is 25.0 Å². The first-order valence-electron chi connectivity index (χ1n) is 9.92. The van der Waals surface area contributed by atoms with Gasteiger partial charge in [-0.1, -0.05) is 43.0 Å². The van der Waals surface area contributed by atoms with Crippen molar-refractivity contribution in [1.29, 1.82) is 0 Å². The minimum Gasteiger partial charge on any atom is -0.495 e. The number of guanidine groups is 1. The maximum atomic E-state index is 5.73. The van der Waals surface area contributed by atoms with Gasteiger partial charge in [-0.25, -0.2) is 0 Å². The summed E-state index contributed by atoms with van der Waals surface area (Å²) in [4.78, 5) is 6.73. The van der Waals surface area contributed by atoms with E-state index in [0.717, 1.165) is 48.2 Å². The van der Waals surface area contributed by atoms with E-state index in [0.29, 0.717) is 19.2 Å². The number of para-hydroxylation sites is 3. The average Bonchev–Trinajstić information content (AvgIpc) is 3.24. The highest BCUT2D eigenvalue weighted by atomic mass is 127. The number of ether oxygens (including phenoxy) is 2. The van der Waals surface area contributed by atoms with Crippen LogP contribution in [0.1, 0.15) is 12.0 Å². The number of methoxy groups -OCH3 is 1. The van der Waals surface area contributed by atoms with E-state index in [-0.39, 0.29) is 24.0 Å². The van der Waals surface area contributed by atoms with Gasteiger partial charge >= 0.3 is 0 Å². The quantitative estimate of drug-likeness (QED) is 0.239. The van der Waals surface area contributed by atoms with Gasteiger partial charge in [0, 0.05) is 38.3 Å². The molecule has 0 saturated carbocycles. The molecule has 0 radical (unpaired) electrons. The highest BCUT2D eigenvalue weighted by Gasteiger charge is 2.25. The van der Waals surface area contributed by atoms with Gasteiger partial charge in [0.1, 0.15) is 18.1 Å². The molecular formula is C23H31IN4O2. The molecule has 162 valence electrons. The normalized spacial score (nSPS) is 15.9. The molecule has 0 spiro atoms. The standard InChI is InChI=1S/C23H30N4O2.HI/c1-4-15-29-21-11-7-5-9-18(21)16-25-23(24-2)26-19-13-14-27(17-19)20-10-6-8-12-22(20)28-3;/h4-12,19H,1,13-17H2,2-3H3,(H2,24,25,26);1H. The molecule has 7 heteroatoms. The smallest absolute Gasteiger partial charge is 0.191 e. The van der Waals surface area contributed by atoms with Gasteiger partial charge in [-0.15, -0.1) is 24.0 Å². The van der Waals surface area contributed by atoms with Crippen LogP contribution in [0.4, 0.5) is 5.69 Å². The fourth-order valence-electron chi connectivity index (χ4n) is 3.49. The summed E-state index contributed by atoms with van der Waals surface area (Å²) in [6.07, 6.45) is 2.79. The van der Waals surface area contributed by atoms with Crippen LogP contribution in [-0.2, 0) is 6.54 Å². The minimum atomic E-state index is 0. The lowest BCUT2D eigenvalue weighted by atomic mass is 10.2. The first-order chi connectivity index (χ1) is 14.2. The largest absolute Gasteiger partial charge is 0.495 e. The lowest BCUT2D eigenvalue weighted by Gasteiger charge is -2.22. The lowest BCUT2D eigenvalue weighted by molar-refractivity contribution is 0.358. The second kappa shape index (κ2) is 12.3. The Kier molecular flexibility index (Phi) is 9.79. The fourth-order valence-corrected chi connectivity index (χ4v) is 3.49. The predicted molar refractivity (Wildman–Crippen MR) is 134 cm³/mol. The summed E-state index contributed by atoms with van der Waals surface area (Å²) in [7, 11) is 3.51. The van der Waals surface area contributed by atoms with E-state index in [1.807, 2.05) is 36.4 Å². The molecule has 1 aliphatic rings. The molecular weight excluding hydrogens is 491 g/mol. The van der Waals surface area contributed by atoms with E-state index in [4.69, 9.17) is 9.47 Å². The van der Waals surface area contributed by atoms with Crippen molar-refractivity contribution in [3.05, 3.63) is 66.7 Å². The van der Waals surface area contributed by atoms with Gasteiger partial charge in [0.15, 0.2) is 5.96 Å². The highest BCUT2D eigenvalue weighted by Crippen LogP contribution is 2.30. The van der Waals surface area contributed by atoms with Crippen molar-refractivity contribution >= 4 is 35.6 Å². The molecule has 0 aliphatic carbocycles. The maximum absolute atomic E-state index is 5.73. The first kappa shape index (κ1) is 23.9. The van der Waals surface area contributed by atoms with E-state index in [9.17, 15) is 0 Å². The Bertz CT molecular complexity index is 843. The topological polar surface area (TPSA) is 58.1 Å². The number of rotatable bonds is 8. The SMILES string of the molecule is C=CCOc1ccccc1CNC(=NC)NC1CCN(c2ccccc2OC)C1.I. The van der Waals surface area contributed by atoms with E-state index >= 15 is 0 Å². The Hall–Kier alpha value is -2.42. The van der Waals surface area contributed by atoms with E-state index in [1.54, 1.807) is 20.2 Å². The third-order valence-electron chi connectivity index (χ3n) is 4.95. The maximum Gasteiger partial charge on any atom is 0.191 e. The summed E-state index contributed by atoms with van der Waals surface area (Å²) < 4.78 is 11.2. The molecule has 1 atom stereocenters. The summed E-state index contributed by atoms with van der Waals surface area (Å²) in [6, 6.07) is 16.5. The zero-order valence-electron chi connectivity index (χ0n) is 17.6. The lowest BCUT2D eigenvalue weighted by Crippen LogP contribution is -2.44. The molecule has 1 heterocycles. The summed E-state index contributed by atoms with van der Waals surface area (Å²) in [5.74, 6) is 2.56. The van der Waals surface area contributed by atoms with E-state index < -0.39 is 0 Å². The van der Waals surface area contributed by atoms with Crippen LogP contribution in [0.5, 0.6) is 11.5 Å². The van der Waals surface area contributed by atoms with Crippen LogP contribution in [0.2, 0.25) is 0 Å². The van der Waals surface area contributed by atoms with Gasteiger partial charge in [-0.2, -0.15) is 0 Å². The average molecular weight is 522 g/mol. The molecule has 3 rings (SSSR count). The Morgan fingerprint density at radius 1 is 1.20 bits per heavy atom. The number of anilines is 1. The number of benzene rings is 2. The Morgan fingerprint density at radius 3 is 2.67 bits per heavy atom. The third-order valence-corrected chi connectivity index (χ3v) is 4.95. The van der Waals surface area contributed by atoms with Crippen molar-refractivity contribution in [1.82, 2.24) is 10.6 Å². The van der Waals surface area contributed by atoms with Crippen molar-refractivity contribution in [2.75, 3.05) is 38.8 Å². The van der Waals surface area contributed by atoms with Gasteiger partial charge < -0.3 is 25.0 Å². The van der Waals surface area contributed by atoms with Crippen molar-refractivity contribution in [2.45, 2.75) is 19.0 Å². The van der Waals surface area contributed by atoms with Crippen LogP contribution in [0.25, 0.3) is 0 Å². The molecule has 30 heavy (non-hydrogen) atoms.